The first kappa shape index (κ1) is 19.2. The molecule has 0 saturated heterocycles. The lowest BCUT2D eigenvalue weighted by Crippen LogP contribution is -2.36. The van der Waals surface area contributed by atoms with Crippen molar-refractivity contribution in [1.29, 1.82) is 0 Å². The van der Waals surface area contributed by atoms with E-state index in [1.165, 1.54) is 0 Å². The number of carbonyl (C=O) groups excluding carboxylic acids is 1. The normalized spacial score (nSPS) is 14.0. The van der Waals surface area contributed by atoms with E-state index >= 15 is 0 Å². The zero-order valence-electron chi connectivity index (χ0n) is 14.0. The molecular weight excluding hydrogens is 381 g/mol. The van der Waals surface area contributed by atoms with Crippen LogP contribution in [0.15, 0.2) is 47.4 Å². The molecule has 0 atom stereocenters. The lowest BCUT2D eigenvalue weighted by molar-refractivity contribution is -0.388. The highest BCUT2D eigenvalue weighted by atomic mass is 32.2. The first-order valence-corrected chi connectivity index (χ1v) is 9.12. The molecule has 0 aromatic heterocycles. The maximum atomic E-state index is 12.8. The van der Waals surface area contributed by atoms with Gasteiger partial charge >= 0.3 is 6.18 Å². The number of para-hydroxylation sites is 1. The third-order valence-corrected chi connectivity index (χ3v) is 5.29. The average molecular weight is 396 g/mol. The molecule has 2 aromatic carbocycles. The van der Waals surface area contributed by atoms with Crippen LogP contribution in [0.4, 0.5) is 24.5 Å². The summed E-state index contributed by atoms with van der Waals surface area (Å²) in [6.07, 6.45) is -2.98. The second-order valence-electron chi connectivity index (χ2n) is 6.00. The Labute approximate surface area is 157 Å². The number of benzene rings is 2. The molecule has 0 radical (unpaired) electrons. The third-order valence-electron chi connectivity index (χ3n) is 4.25. The molecular formula is C18H15F3N2O3S. The van der Waals surface area contributed by atoms with E-state index < -0.39 is 22.4 Å². The summed E-state index contributed by atoms with van der Waals surface area (Å²) in [5, 5.41) is 11.1. The molecule has 1 heterocycles. The van der Waals surface area contributed by atoms with E-state index in [2.05, 4.69) is 0 Å². The molecule has 0 aliphatic carbocycles. The summed E-state index contributed by atoms with van der Waals surface area (Å²) in [7, 11) is 0. The molecule has 142 valence electrons. The maximum Gasteiger partial charge on any atom is 0.416 e. The molecule has 0 fully saturated rings. The second kappa shape index (κ2) is 7.59. The van der Waals surface area contributed by atoms with Gasteiger partial charge in [0.05, 0.1) is 21.1 Å². The minimum atomic E-state index is -4.67. The first-order valence-electron chi connectivity index (χ1n) is 8.14. The summed E-state index contributed by atoms with van der Waals surface area (Å²) >= 11 is 0.871. The fourth-order valence-electron chi connectivity index (χ4n) is 2.97. The van der Waals surface area contributed by atoms with Gasteiger partial charge in [0, 0.05) is 18.3 Å². The number of alkyl halides is 3. The predicted octanol–water partition coefficient (Wildman–Crippen LogP) is 4.69. The van der Waals surface area contributed by atoms with E-state index in [0.717, 1.165) is 48.0 Å². The van der Waals surface area contributed by atoms with E-state index in [1.54, 1.807) is 4.90 Å². The van der Waals surface area contributed by atoms with Crippen molar-refractivity contribution in [3.05, 3.63) is 63.7 Å². The predicted molar refractivity (Wildman–Crippen MR) is 95.9 cm³/mol. The average Bonchev–Trinajstić information content (AvgIpc) is 2.64. The molecule has 0 spiro atoms. The summed E-state index contributed by atoms with van der Waals surface area (Å²) in [6.45, 7) is 0.547. The summed E-state index contributed by atoms with van der Waals surface area (Å²) in [4.78, 5) is 24.5. The number of nitro benzene ring substituents is 1. The van der Waals surface area contributed by atoms with Crippen molar-refractivity contribution in [2.75, 3.05) is 17.2 Å². The number of rotatable bonds is 4. The van der Waals surface area contributed by atoms with Crippen LogP contribution in [0.5, 0.6) is 0 Å². The van der Waals surface area contributed by atoms with Gasteiger partial charge in [-0.1, -0.05) is 18.2 Å². The Morgan fingerprint density at radius 1 is 1.22 bits per heavy atom. The van der Waals surface area contributed by atoms with Crippen LogP contribution in [-0.2, 0) is 17.4 Å². The fraction of sp³-hybridized carbons (Fsp3) is 0.278. The smallest absolute Gasteiger partial charge is 0.311 e. The number of amides is 1. The molecule has 3 rings (SSSR count). The van der Waals surface area contributed by atoms with Gasteiger partial charge in [0.15, 0.2) is 0 Å². The van der Waals surface area contributed by atoms with E-state index in [-0.39, 0.29) is 16.6 Å². The van der Waals surface area contributed by atoms with E-state index in [0.29, 0.717) is 12.6 Å². The zero-order valence-corrected chi connectivity index (χ0v) is 14.8. The monoisotopic (exact) mass is 396 g/mol. The number of anilines is 1. The van der Waals surface area contributed by atoms with Gasteiger partial charge in [-0.05, 0) is 36.6 Å². The number of hydrogen-bond donors (Lipinski definition) is 0. The van der Waals surface area contributed by atoms with Crippen LogP contribution in [0.3, 0.4) is 0 Å². The Morgan fingerprint density at radius 2 is 1.96 bits per heavy atom. The molecule has 5 nitrogen and oxygen atoms in total. The summed E-state index contributed by atoms with van der Waals surface area (Å²) in [5.41, 5.74) is 0.135. The highest BCUT2D eigenvalue weighted by Gasteiger charge is 2.33. The summed E-state index contributed by atoms with van der Waals surface area (Å²) in [5.74, 6) is -0.332. The highest BCUT2D eigenvalue weighted by molar-refractivity contribution is 8.00. The second-order valence-corrected chi connectivity index (χ2v) is 7.02. The largest absolute Gasteiger partial charge is 0.416 e. The van der Waals surface area contributed by atoms with Gasteiger partial charge in [-0.3, -0.25) is 14.9 Å². The molecule has 0 bridgehead atoms. The van der Waals surface area contributed by atoms with E-state index in [9.17, 15) is 28.1 Å². The van der Waals surface area contributed by atoms with Gasteiger partial charge in [0.2, 0.25) is 5.91 Å². The zero-order chi connectivity index (χ0) is 19.6. The quantitative estimate of drug-likeness (QED) is 0.427. The highest BCUT2D eigenvalue weighted by Crippen LogP contribution is 2.37. The van der Waals surface area contributed by atoms with Gasteiger partial charge in [-0.2, -0.15) is 13.2 Å². The molecule has 2 aromatic rings. The Bertz CT molecular complexity index is 886. The van der Waals surface area contributed by atoms with Gasteiger partial charge in [-0.15, -0.1) is 11.8 Å². The number of fused-ring (bicyclic) bond motifs is 1. The van der Waals surface area contributed by atoms with Crippen LogP contribution >= 0.6 is 11.8 Å². The molecule has 1 amide bonds. The Balaban J connectivity index is 1.77. The number of hydrogen-bond acceptors (Lipinski definition) is 4. The number of halogens is 3. The van der Waals surface area contributed by atoms with Gasteiger partial charge < -0.3 is 4.90 Å². The summed E-state index contributed by atoms with van der Waals surface area (Å²) in [6, 6.07) is 9.85. The minimum Gasteiger partial charge on any atom is -0.311 e. The van der Waals surface area contributed by atoms with Crippen molar-refractivity contribution in [3.63, 3.8) is 0 Å². The SMILES string of the molecule is O=C(CSc1ccc(C(F)(F)F)cc1[N+](=O)[O-])N1CCCc2ccccc21. The molecule has 0 unspecified atom stereocenters. The molecule has 0 saturated carbocycles. The van der Waals surface area contributed by atoms with Gasteiger partial charge in [-0.25, -0.2) is 0 Å². The van der Waals surface area contributed by atoms with Crippen LogP contribution < -0.4 is 4.90 Å². The minimum absolute atomic E-state index is 0.0339. The van der Waals surface area contributed by atoms with Crippen molar-refractivity contribution in [3.8, 4) is 0 Å². The molecule has 1 aliphatic heterocycles. The lowest BCUT2D eigenvalue weighted by atomic mass is 10.0. The Hall–Kier alpha value is -2.55. The number of thioether (sulfide) groups is 1. The van der Waals surface area contributed by atoms with Crippen LogP contribution in [0.1, 0.15) is 17.5 Å². The number of nitro groups is 1. The van der Waals surface area contributed by atoms with Crippen LogP contribution in [-0.4, -0.2) is 23.1 Å². The van der Waals surface area contributed by atoms with Crippen molar-refractivity contribution >= 4 is 29.0 Å². The number of nitrogens with zero attached hydrogens (tertiary/aromatic N) is 2. The van der Waals surface area contributed by atoms with Crippen LogP contribution in [0.2, 0.25) is 0 Å². The Kier molecular flexibility index (Phi) is 5.41. The standard InChI is InChI=1S/C18H15F3N2O3S/c19-18(20,21)13-7-8-16(15(10-13)23(25)26)27-11-17(24)22-9-3-5-12-4-1-2-6-14(12)22/h1-2,4,6-8,10H,3,5,9,11H2. The molecule has 1 aliphatic rings. The van der Waals surface area contributed by atoms with Gasteiger partial charge in [0.1, 0.15) is 0 Å². The number of aryl methyl sites for hydroxylation is 1. The topological polar surface area (TPSA) is 63.4 Å². The maximum absolute atomic E-state index is 12.8. The first-order chi connectivity index (χ1) is 12.8. The fourth-order valence-corrected chi connectivity index (χ4v) is 3.85. The molecule has 9 heteroatoms. The van der Waals surface area contributed by atoms with E-state index in [4.69, 9.17) is 0 Å². The van der Waals surface area contributed by atoms with Gasteiger partial charge in [0.25, 0.3) is 5.69 Å². The molecule has 27 heavy (non-hydrogen) atoms. The van der Waals surface area contributed by atoms with Crippen molar-refractivity contribution in [2.45, 2.75) is 23.9 Å². The summed E-state index contributed by atoms with van der Waals surface area (Å²) < 4.78 is 38.3. The van der Waals surface area contributed by atoms with E-state index in [1.807, 2.05) is 24.3 Å². The van der Waals surface area contributed by atoms with Crippen molar-refractivity contribution in [1.82, 2.24) is 0 Å². The van der Waals surface area contributed by atoms with Crippen LogP contribution in [0.25, 0.3) is 0 Å². The molecule has 0 N–H and O–H groups in total. The number of carbonyl (C=O) groups is 1. The Morgan fingerprint density at radius 3 is 2.67 bits per heavy atom. The van der Waals surface area contributed by atoms with Crippen molar-refractivity contribution in [2.24, 2.45) is 0 Å². The van der Waals surface area contributed by atoms with Crippen LogP contribution in [0, 0.1) is 10.1 Å². The lowest BCUT2D eigenvalue weighted by Gasteiger charge is -2.29. The van der Waals surface area contributed by atoms with Crippen molar-refractivity contribution < 1.29 is 22.9 Å². The third kappa shape index (κ3) is 4.24.